The number of amides is 1. The Labute approximate surface area is 113 Å². The molecule has 1 atom stereocenters. The molecule has 0 bridgehead atoms. The minimum absolute atomic E-state index is 0.0515. The van der Waals surface area contributed by atoms with Crippen LogP contribution in [0.1, 0.15) is 25.8 Å². The SMILES string of the molecule is CC(C)CC(CO)NC(=O)/C=C/c1cncc(O)c1. The van der Waals surface area contributed by atoms with Crippen molar-refractivity contribution in [2.75, 3.05) is 6.61 Å². The molecule has 0 aromatic carbocycles. The molecule has 1 amide bonds. The largest absolute Gasteiger partial charge is 0.506 e. The number of nitrogens with zero attached hydrogens (tertiary/aromatic N) is 1. The van der Waals surface area contributed by atoms with Gasteiger partial charge in [0.1, 0.15) is 5.75 Å². The second-order valence-corrected chi connectivity index (χ2v) is 4.83. The maximum Gasteiger partial charge on any atom is 0.244 e. The third kappa shape index (κ3) is 6.01. The first-order valence-corrected chi connectivity index (χ1v) is 6.24. The van der Waals surface area contributed by atoms with Crippen molar-refractivity contribution in [1.29, 1.82) is 0 Å². The quantitative estimate of drug-likeness (QED) is 0.677. The number of aliphatic hydroxyl groups excluding tert-OH is 1. The fourth-order valence-electron chi connectivity index (χ4n) is 1.71. The number of aliphatic hydroxyl groups is 1. The number of aromatic hydroxyl groups is 1. The van der Waals surface area contributed by atoms with Gasteiger partial charge in [-0.15, -0.1) is 0 Å². The highest BCUT2D eigenvalue weighted by Crippen LogP contribution is 2.09. The van der Waals surface area contributed by atoms with Crippen molar-refractivity contribution in [2.24, 2.45) is 5.92 Å². The Hall–Kier alpha value is -1.88. The van der Waals surface area contributed by atoms with Gasteiger partial charge in [0.2, 0.25) is 5.91 Å². The first kappa shape index (κ1) is 15.2. The Kier molecular flexibility index (Phi) is 6.02. The Morgan fingerprint density at radius 2 is 2.21 bits per heavy atom. The molecule has 0 aliphatic rings. The lowest BCUT2D eigenvalue weighted by molar-refractivity contribution is -0.117. The monoisotopic (exact) mass is 264 g/mol. The molecule has 0 saturated heterocycles. The number of carbonyl (C=O) groups excluding carboxylic acids is 1. The van der Waals surface area contributed by atoms with Crippen LogP contribution < -0.4 is 5.32 Å². The molecule has 0 fully saturated rings. The standard InChI is InChI=1S/C14H20N2O3/c1-10(2)5-12(9-17)16-14(19)4-3-11-6-13(18)8-15-7-11/h3-4,6-8,10,12,17-18H,5,9H2,1-2H3,(H,16,19)/b4-3+. The minimum Gasteiger partial charge on any atom is -0.506 e. The zero-order valence-electron chi connectivity index (χ0n) is 11.2. The first-order valence-electron chi connectivity index (χ1n) is 6.24. The Morgan fingerprint density at radius 1 is 1.47 bits per heavy atom. The van der Waals surface area contributed by atoms with E-state index in [9.17, 15) is 9.90 Å². The van der Waals surface area contributed by atoms with Gasteiger partial charge in [0, 0.05) is 12.3 Å². The van der Waals surface area contributed by atoms with Gasteiger partial charge < -0.3 is 15.5 Å². The number of hydrogen-bond donors (Lipinski definition) is 3. The summed E-state index contributed by atoms with van der Waals surface area (Å²) in [4.78, 5) is 15.5. The van der Waals surface area contributed by atoms with E-state index >= 15 is 0 Å². The molecule has 0 aliphatic heterocycles. The number of rotatable bonds is 6. The lowest BCUT2D eigenvalue weighted by Gasteiger charge is -2.17. The van der Waals surface area contributed by atoms with Gasteiger partial charge in [0.15, 0.2) is 0 Å². The van der Waals surface area contributed by atoms with Crippen molar-refractivity contribution < 1.29 is 15.0 Å². The molecule has 5 nitrogen and oxygen atoms in total. The molecule has 1 unspecified atom stereocenters. The van der Waals surface area contributed by atoms with Crippen LogP contribution in [0.4, 0.5) is 0 Å². The second kappa shape index (κ2) is 7.53. The van der Waals surface area contributed by atoms with E-state index in [0.29, 0.717) is 11.5 Å². The maximum absolute atomic E-state index is 11.7. The van der Waals surface area contributed by atoms with E-state index in [1.807, 2.05) is 13.8 Å². The summed E-state index contributed by atoms with van der Waals surface area (Å²) in [6.45, 7) is 3.98. The van der Waals surface area contributed by atoms with Gasteiger partial charge in [-0.25, -0.2) is 0 Å². The molecule has 1 aromatic rings. The van der Waals surface area contributed by atoms with Crippen molar-refractivity contribution in [3.8, 4) is 5.75 Å². The zero-order chi connectivity index (χ0) is 14.3. The molecule has 0 saturated carbocycles. The molecule has 104 valence electrons. The number of nitrogens with one attached hydrogen (secondary N) is 1. The van der Waals surface area contributed by atoms with Crippen LogP contribution in [0.25, 0.3) is 6.08 Å². The van der Waals surface area contributed by atoms with Gasteiger partial charge in [0.25, 0.3) is 0 Å². The van der Waals surface area contributed by atoms with E-state index in [2.05, 4.69) is 10.3 Å². The number of aromatic nitrogens is 1. The Morgan fingerprint density at radius 3 is 2.79 bits per heavy atom. The summed E-state index contributed by atoms with van der Waals surface area (Å²) in [5, 5.41) is 21.1. The Balaban J connectivity index is 2.54. The van der Waals surface area contributed by atoms with Crippen LogP contribution in [0.2, 0.25) is 0 Å². The summed E-state index contributed by atoms with van der Waals surface area (Å²) >= 11 is 0. The fraction of sp³-hybridized carbons (Fsp3) is 0.429. The van der Waals surface area contributed by atoms with Gasteiger partial charge in [-0.3, -0.25) is 9.78 Å². The van der Waals surface area contributed by atoms with Crippen molar-refractivity contribution in [2.45, 2.75) is 26.3 Å². The smallest absolute Gasteiger partial charge is 0.244 e. The van der Waals surface area contributed by atoms with Gasteiger partial charge >= 0.3 is 0 Å². The number of hydrogen-bond acceptors (Lipinski definition) is 4. The molecular formula is C14H20N2O3. The van der Waals surface area contributed by atoms with Crippen LogP contribution >= 0.6 is 0 Å². The van der Waals surface area contributed by atoms with Crippen LogP contribution in [-0.2, 0) is 4.79 Å². The van der Waals surface area contributed by atoms with E-state index in [4.69, 9.17) is 5.11 Å². The average Bonchev–Trinajstić information content (AvgIpc) is 2.35. The highest BCUT2D eigenvalue weighted by molar-refractivity contribution is 5.91. The summed E-state index contributed by atoms with van der Waals surface area (Å²) in [6, 6.07) is 1.27. The summed E-state index contributed by atoms with van der Waals surface area (Å²) < 4.78 is 0. The molecule has 1 aromatic heterocycles. The predicted molar refractivity (Wildman–Crippen MR) is 73.4 cm³/mol. The Bertz CT molecular complexity index is 444. The second-order valence-electron chi connectivity index (χ2n) is 4.83. The van der Waals surface area contributed by atoms with E-state index in [-0.39, 0.29) is 24.3 Å². The first-order chi connectivity index (χ1) is 9.01. The molecular weight excluding hydrogens is 244 g/mol. The predicted octanol–water partition coefficient (Wildman–Crippen LogP) is 1.32. The van der Waals surface area contributed by atoms with Crippen molar-refractivity contribution in [1.82, 2.24) is 10.3 Å². The zero-order valence-corrected chi connectivity index (χ0v) is 11.2. The van der Waals surface area contributed by atoms with Crippen molar-refractivity contribution >= 4 is 12.0 Å². The number of carbonyl (C=O) groups is 1. The maximum atomic E-state index is 11.7. The van der Waals surface area contributed by atoms with Gasteiger partial charge in [0.05, 0.1) is 18.8 Å². The third-order valence-corrected chi connectivity index (χ3v) is 2.49. The molecule has 1 heterocycles. The van der Waals surface area contributed by atoms with E-state index in [0.717, 1.165) is 6.42 Å². The van der Waals surface area contributed by atoms with Crippen LogP contribution in [0.3, 0.4) is 0 Å². The van der Waals surface area contributed by atoms with Gasteiger partial charge in [-0.05, 0) is 30.0 Å². The molecule has 0 aliphatic carbocycles. The number of pyridine rings is 1. The third-order valence-electron chi connectivity index (χ3n) is 2.49. The molecule has 5 heteroatoms. The molecule has 0 radical (unpaired) electrons. The molecule has 3 N–H and O–H groups in total. The van der Waals surface area contributed by atoms with E-state index < -0.39 is 0 Å². The van der Waals surface area contributed by atoms with Crippen molar-refractivity contribution in [3.05, 3.63) is 30.1 Å². The molecule has 0 spiro atoms. The average molecular weight is 264 g/mol. The lowest BCUT2D eigenvalue weighted by Crippen LogP contribution is -2.37. The summed E-state index contributed by atoms with van der Waals surface area (Å²) in [7, 11) is 0. The van der Waals surface area contributed by atoms with E-state index in [1.165, 1.54) is 18.3 Å². The molecule has 1 rings (SSSR count). The summed E-state index contributed by atoms with van der Waals surface area (Å²) in [5.41, 5.74) is 0.638. The van der Waals surface area contributed by atoms with Gasteiger partial charge in [-0.1, -0.05) is 13.8 Å². The van der Waals surface area contributed by atoms with Crippen molar-refractivity contribution in [3.63, 3.8) is 0 Å². The minimum atomic E-state index is -0.275. The van der Waals surface area contributed by atoms with Crippen LogP contribution in [0, 0.1) is 5.92 Å². The fourth-order valence-corrected chi connectivity index (χ4v) is 1.71. The van der Waals surface area contributed by atoms with Crippen LogP contribution in [0.15, 0.2) is 24.5 Å². The van der Waals surface area contributed by atoms with Gasteiger partial charge in [-0.2, -0.15) is 0 Å². The topological polar surface area (TPSA) is 82.5 Å². The van der Waals surface area contributed by atoms with Crippen LogP contribution in [-0.4, -0.2) is 33.8 Å². The summed E-state index contributed by atoms with van der Waals surface area (Å²) in [6.07, 6.45) is 6.51. The highest BCUT2D eigenvalue weighted by atomic mass is 16.3. The molecule has 19 heavy (non-hydrogen) atoms. The highest BCUT2D eigenvalue weighted by Gasteiger charge is 2.11. The lowest BCUT2D eigenvalue weighted by atomic mass is 10.0. The van der Waals surface area contributed by atoms with E-state index in [1.54, 1.807) is 12.3 Å². The summed E-state index contributed by atoms with van der Waals surface area (Å²) in [5.74, 6) is 0.176. The van der Waals surface area contributed by atoms with Crippen LogP contribution in [0.5, 0.6) is 5.75 Å². The normalized spacial score (nSPS) is 12.8.